The van der Waals surface area contributed by atoms with E-state index in [4.69, 9.17) is 0 Å². The van der Waals surface area contributed by atoms with Crippen molar-refractivity contribution in [1.29, 1.82) is 0 Å². The molecule has 1 aromatic carbocycles. The molecule has 0 bridgehead atoms. The molecule has 0 heterocycles. The highest BCUT2D eigenvalue weighted by atomic mass is 19.1. The zero-order valence-electron chi connectivity index (χ0n) is 13.6. The number of rotatable bonds is 8. The first kappa shape index (κ1) is 18.1. The summed E-state index contributed by atoms with van der Waals surface area (Å²) in [6.45, 7) is -1.47. The summed E-state index contributed by atoms with van der Waals surface area (Å²) in [4.78, 5) is 35.7. The van der Waals surface area contributed by atoms with Crippen LogP contribution in [0.5, 0.6) is 0 Å². The molecule has 0 saturated heterocycles. The lowest BCUT2D eigenvalue weighted by Crippen LogP contribution is -2.50. The van der Waals surface area contributed by atoms with E-state index in [9.17, 15) is 18.8 Å². The fraction of sp³-hybridized carbons (Fsp3) is 0.500. The molecule has 24 heavy (non-hydrogen) atoms. The van der Waals surface area contributed by atoms with Gasteiger partial charge in [0, 0.05) is 12.3 Å². The summed E-state index contributed by atoms with van der Waals surface area (Å²) in [6.07, 6.45) is 4.06. The number of amides is 2. The molecule has 1 aliphatic carbocycles. The normalized spacial score (nSPS) is 15.7. The second-order valence-electron chi connectivity index (χ2n) is 6.12. The van der Waals surface area contributed by atoms with Crippen molar-refractivity contribution in [2.75, 3.05) is 13.2 Å². The quantitative estimate of drug-likeness (QED) is 0.757. The number of hydrogen-bond acceptors (Lipinski definition) is 3. The van der Waals surface area contributed by atoms with Gasteiger partial charge in [-0.05, 0) is 18.4 Å². The Balaban J connectivity index is 2.00. The second kappa shape index (κ2) is 9.15. The maximum Gasteiger partial charge on any atom is 0.243 e. The van der Waals surface area contributed by atoms with Crippen LogP contribution in [-0.4, -0.2) is 36.9 Å². The van der Waals surface area contributed by atoms with Gasteiger partial charge < -0.3 is 10.6 Å². The van der Waals surface area contributed by atoms with Crippen LogP contribution < -0.4 is 10.6 Å². The van der Waals surface area contributed by atoms with E-state index in [2.05, 4.69) is 10.6 Å². The smallest absolute Gasteiger partial charge is 0.243 e. The minimum absolute atomic E-state index is 0.0523. The standard InChI is InChI=1S/C18H23FN2O3/c19-11-15(22)12-20-18(24)16(10-13-6-2-1-3-7-13)21-17(23)14-8-4-5-9-14/h1-3,6-7,14,16H,4-5,8-12H2,(H,20,24)(H,21,23)/t16-/m0/s1. The molecule has 1 aliphatic rings. The van der Waals surface area contributed by atoms with Gasteiger partial charge in [-0.3, -0.25) is 14.4 Å². The lowest BCUT2D eigenvalue weighted by molar-refractivity contribution is -0.131. The predicted molar refractivity (Wildman–Crippen MR) is 88.0 cm³/mol. The third-order valence-corrected chi connectivity index (χ3v) is 4.25. The van der Waals surface area contributed by atoms with Gasteiger partial charge in [0.15, 0.2) is 5.78 Å². The molecule has 0 unspecified atom stereocenters. The van der Waals surface area contributed by atoms with Crippen molar-refractivity contribution in [2.24, 2.45) is 5.92 Å². The maximum absolute atomic E-state index is 12.3. The summed E-state index contributed by atoms with van der Waals surface area (Å²) in [7, 11) is 0. The van der Waals surface area contributed by atoms with Gasteiger partial charge >= 0.3 is 0 Å². The topological polar surface area (TPSA) is 75.3 Å². The first-order valence-corrected chi connectivity index (χ1v) is 8.30. The van der Waals surface area contributed by atoms with Gasteiger partial charge in [0.1, 0.15) is 12.7 Å². The van der Waals surface area contributed by atoms with E-state index in [1.54, 1.807) is 0 Å². The van der Waals surface area contributed by atoms with Crippen molar-refractivity contribution in [1.82, 2.24) is 10.6 Å². The Morgan fingerprint density at radius 1 is 1.12 bits per heavy atom. The van der Waals surface area contributed by atoms with Crippen molar-refractivity contribution >= 4 is 17.6 Å². The van der Waals surface area contributed by atoms with Crippen molar-refractivity contribution < 1.29 is 18.8 Å². The molecular formula is C18H23FN2O3. The fourth-order valence-electron chi connectivity index (χ4n) is 2.89. The van der Waals surface area contributed by atoms with Gasteiger partial charge in [-0.2, -0.15) is 0 Å². The molecular weight excluding hydrogens is 311 g/mol. The molecule has 2 rings (SSSR count). The highest BCUT2D eigenvalue weighted by molar-refractivity contribution is 5.92. The van der Waals surface area contributed by atoms with Gasteiger partial charge in [0.25, 0.3) is 0 Å². The van der Waals surface area contributed by atoms with Gasteiger partial charge in [0.2, 0.25) is 11.8 Å². The number of ketones is 1. The zero-order chi connectivity index (χ0) is 17.4. The molecule has 0 spiro atoms. The summed E-state index contributed by atoms with van der Waals surface area (Å²) in [5, 5.41) is 5.20. The van der Waals surface area contributed by atoms with Crippen LogP contribution in [0.25, 0.3) is 0 Å². The van der Waals surface area contributed by atoms with Crippen LogP contribution in [0.4, 0.5) is 4.39 Å². The van der Waals surface area contributed by atoms with Gasteiger partial charge in [-0.25, -0.2) is 4.39 Å². The van der Waals surface area contributed by atoms with E-state index in [-0.39, 0.29) is 18.4 Å². The van der Waals surface area contributed by atoms with Crippen LogP contribution in [0.15, 0.2) is 30.3 Å². The SMILES string of the molecule is O=C(CF)CNC(=O)[C@H](Cc1ccccc1)NC(=O)C1CCCC1. The van der Waals surface area contributed by atoms with E-state index < -0.39 is 24.4 Å². The molecule has 1 atom stereocenters. The van der Waals surface area contributed by atoms with Crippen LogP contribution in [0.2, 0.25) is 0 Å². The molecule has 2 amide bonds. The lowest BCUT2D eigenvalue weighted by Gasteiger charge is -2.20. The van der Waals surface area contributed by atoms with E-state index in [0.717, 1.165) is 31.2 Å². The van der Waals surface area contributed by atoms with Crippen LogP contribution >= 0.6 is 0 Å². The summed E-state index contributed by atoms with van der Waals surface area (Å²) >= 11 is 0. The molecule has 1 fully saturated rings. The van der Waals surface area contributed by atoms with Crippen molar-refractivity contribution in [2.45, 2.75) is 38.1 Å². The number of carbonyl (C=O) groups excluding carboxylic acids is 3. The zero-order valence-corrected chi connectivity index (χ0v) is 13.6. The third kappa shape index (κ3) is 5.44. The van der Waals surface area contributed by atoms with E-state index in [1.165, 1.54) is 0 Å². The number of benzene rings is 1. The number of hydrogen-bond donors (Lipinski definition) is 2. The molecule has 1 saturated carbocycles. The Morgan fingerprint density at radius 3 is 2.42 bits per heavy atom. The van der Waals surface area contributed by atoms with E-state index in [0.29, 0.717) is 6.42 Å². The molecule has 2 N–H and O–H groups in total. The first-order chi connectivity index (χ1) is 11.6. The third-order valence-electron chi connectivity index (χ3n) is 4.25. The number of nitrogens with one attached hydrogen (secondary N) is 2. The number of Topliss-reactive ketones (excluding diaryl/α,β-unsaturated/α-hetero) is 1. The summed E-state index contributed by atoms with van der Waals surface area (Å²) in [5.74, 6) is -1.33. The van der Waals surface area contributed by atoms with E-state index in [1.807, 2.05) is 30.3 Å². The minimum atomic E-state index is -1.11. The highest BCUT2D eigenvalue weighted by Gasteiger charge is 2.27. The monoisotopic (exact) mass is 334 g/mol. The Morgan fingerprint density at radius 2 is 1.79 bits per heavy atom. The van der Waals surface area contributed by atoms with Crippen molar-refractivity contribution in [3.05, 3.63) is 35.9 Å². The molecule has 5 nitrogen and oxygen atoms in total. The average molecular weight is 334 g/mol. The number of carbonyl (C=O) groups is 3. The summed E-state index contributed by atoms with van der Waals surface area (Å²) in [5.41, 5.74) is 0.904. The average Bonchev–Trinajstić information content (AvgIpc) is 3.14. The fourth-order valence-corrected chi connectivity index (χ4v) is 2.89. The molecule has 6 heteroatoms. The number of alkyl halides is 1. The Labute approximate surface area is 141 Å². The van der Waals surface area contributed by atoms with E-state index >= 15 is 0 Å². The number of halogens is 1. The van der Waals surface area contributed by atoms with Crippen LogP contribution in [0.1, 0.15) is 31.2 Å². The summed E-state index contributed by atoms with van der Waals surface area (Å²) in [6, 6.07) is 8.55. The van der Waals surface area contributed by atoms with Crippen LogP contribution in [0.3, 0.4) is 0 Å². The Kier molecular flexibility index (Phi) is 6.90. The lowest BCUT2D eigenvalue weighted by atomic mass is 10.0. The van der Waals surface area contributed by atoms with Gasteiger partial charge in [-0.15, -0.1) is 0 Å². The van der Waals surface area contributed by atoms with Crippen LogP contribution in [-0.2, 0) is 20.8 Å². The Hall–Kier alpha value is -2.24. The molecule has 130 valence electrons. The molecule has 0 radical (unpaired) electrons. The largest absolute Gasteiger partial charge is 0.347 e. The van der Waals surface area contributed by atoms with Crippen LogP contribution in [0, 0.1) is 5.92 Å². The van der Waals surface area contributed by atoms with Gasteiger partial charge in [0.05, 0.1) is 6.54 Å². The van der Waals surface area contributed by atoms with Crippen molar-refractivity contribution in [3.63, 3.8) is 0 Å². The summed E-state index contributed by atoms with van der Waals surface area (Å²) < 4.78 is 12.2. The molecule has 0 aliphatic heterocycles. The first-order valence-electron chi connectivity index (χ1n) is 8.30. The predicted octanol–water partition coefficient (Wildman–Crippen LogP) is 1.56. The molecule has 1 aromatic rings. The van der Waals surface area contributed by atoms with Crippen molar-refractivity contribution in [3.8, 4) is 0 Å². The van der Waals surface area contributed by atoms with Gasteiger partial charge in [-0.1, -0.05) is 43.2 Å². The molecule has 0 aromatic heterocycles. The second-order valence-corrected chi connectivity index (χ2v) is 6.12. The maximum atomic E-state index is 12.3. The highest BCUT2D eigenvalue weighted by Crippen LogP contribution is 2.24. The minimum Gasteiger partial charge on any atom is -0.347 e. The Bertz CT molecular complexity index is 571.